The Morgan fingerprint density at radius 3 is 2.61 bits per heavy atom. The van der Waals surface area contributed by atoms with Crippen LogP contribution in [0.5, 0.6) is 0 Å². The van der Waals surface area contributed by atoms with Gasteiger partial charge in [-0.05, 0) is 41.8 Å². The first kappa shape index (κ1) is 17.9. The summed E-state index contributed by atoms with van der Waals surface area (Å²) in [5, 5.41) is 3.10. The van der Waals surface area contributed by atoms with Gasteiger partial charge in [-0.25, -0.2) is 4.98 Å². The van der Waals surface area contributed by atoms with Crippen molar-refractivity contribution in [3.05, 3.63) is 102 Å². The van der Waals surface area contributed by atoms with Crippen molar-refractivity contribution in [1.82, 2.24) is 19.7 Å². The molecule has 1 unspecified atom stereocenters. The van der Waals surface area contributed by atoms with E-state index in [0.717, 1.165) is 22.5 Å². The van der Waals surface area contributed by atoms with E-state index in [4.69, 9.17) is 0 Å². The number of hydrogen-bond donors (Lipinski definition) is 1. The second kappa shape index (κ2) is 8.48. The topological polar surface area (TPSA) is 59.3 Å². The van der Waals surface area contributed by atoms with Crippen LogP contribution in [0.1, 0.15) is 22.9 Å². The van der Waals surface area contributed by atoms with Gasteiger partial charge < -0.3 is 9.72 Å². The molecule has 5 heteroatoms. The maximum atomic E-state index is 13.0. The number of aromatic nitrogens is 3. The van der Waals surface area contributed by atoms with Gasteiger partial charge in [-0.1, -0.05) is 36.4 Å². The van der Waals surface area contributed by atoms with E-state index in [0.29, 0.717) is 19.4 Å². The maximum Gasteiger partial charge on any atom is 0.227 e. The van der Waals surface area contributed by atoms with Crippen LogP contribution in [0.25, 0.3) is 5.52 Å². The van der Waals surface area contributed by atoms with Crippen molar-refractivity contribution in [3.63, 3.8) is 0 Å². The molecule has 3 heterocycles. The molecule has 1 amide bonds. The van der Waals surface area contributed by atoms with Gasteiger partial charge in [0.1, 0.15) is 5.82 Å². The Hall–Kier alpha value is -3.47. The number of hydrogen-bond acceptors (Lipinski definition) is 3. The molecule has 28 heavy (non-hydrogen) atoms. The number of carbonyl (C=O) groups is 1. The number of amides is 1. The summed E-state index contributed by atoms with van der Waals surface area (Å²) in [7, 11) is 0. The molecular weight excluding hydrogens is 348 g/mol. The van der Waals surface area contributed by atoms with Crippen LogP contribution >= 0.6 is 0 Å². The lowest BCUT2D eigenvalue weighted by Gasteiger charge is -2.17. The van der Waals surface area contributed by atoms with E-state index in [-0.39, 0.29) is 11.8 Å². The van der Waals surface area contributed by atoms with Gasteiger partial charge in [-0.3, -0.25) is 9.78 Å². The lowest BCUT2D eigenvalue weighted by Crippen LogP contribution is -2.32. The molecule has 3 aromatic heterocycles. The van der Waals surface area contributed by atoms with Crippen molar-refractivity contribution >= 4 is 11.4 Å². The molecule has 4 aromatic rings. The molecule has 0 aliphatic rings. The molecule has 0 saturated carbocycles. The van der Waals surface area contributed by atoms with E-state index in [9.17, 15) is 4.79 Å². The van der Waals surface area contributed by atoms with E-state index in [1.807, 2.05) is 73.1 Å². The van der Waals surface area contributed by atoms with Crippen LogP contribution < -0.4 is 5.32 Å². The average Bonchev–Trinajstić information content (AvgIpc) is 3.16. The third-order valence-electron chi connectivity index (χ3n) is 4.87. The van der Waals surface area contributed by atoms with Crippen LogP contribution in [0.3, 0.4) is 0 Å². The molecule has 0 aliphatic carbocycles. The monoisotopic (exact) mass is 370 g/mol. The van der Waals surface area contributed by atoms with Gasteiger partial charge in [0.2, 0.25) is 5.91 Å². The fraction of sp³-hybridized carbons (Fsp3) is 0.174. The fourth-order valence-corrected chi connectivity index (χ4v) is 3.41. The normalized spacial score (nSPS) is 12.0. The summed E-state index contributed by atoms with van der Waals surface area (Å²) in [4.78, 5) is 21.5. The van der Waals surface area contributed by atoms with Crippen molar-refractivity contribution in [2.24, 2.45) is 0 Å². The third-order valence-corrected chi connectivity index (χ3v) is 4.87. The molecule has 1 N–H and O–H groups in total. The van der Waals surface area contributed by atoms with Crippen molar-refractivity contribution in [2.75, 3.05) is 6.54 Å². The SMILES string of the molecule is O=C(NCCc1ncc2ccccn12)C(Cc1ccncc1)c1ccccc1. The largest absolute Gasteiger partial charge is 0.355 e. The van der Waals surface area contributed by atoms with Crippen LogP contribution in [0, 0.1) is 0 Å². The van der Waals surface area contributed by atoms with Gasteiger partial charge in [0, 0.05) is 31.6 Å². The number of rotatable bonds is 7. The fourth-order valence-electron chi connectivity index (χ4n) is 3.41. The summed E-state index contributed by atoms with van der Waals surface area (Å²) in [5.41, 5.74) is 3.17. The molecule has 0 aliphatic heterocycles. The van der Waals surface area contributed by atoms with Crippen molar-refractivity contribution in [1.29, 1.82) is 0 Å². The summed E-state index contributed by atoms with van der Waals surface area (Å²) < 4.78 is 2.05. The minimum Gasteiger partial charge on any atom is -0.355 e. The van der Waals surface area contributed by atoms with E-state index >= 15 is 0 Å². The van der Waals surface area contributed by atoms with Crippen LogP contribution in [0.4, 0.5) is 0 Å². The van der Waals surface area contributed by atoms with Crippen LogP contribution in [-0.2, 0) is 17.6 Å². The second-order valence-corrected chi connectivity index (χ2v) is 6.73. The average molecular weight is 370 g/mol. The third kappa shape index (κ3) is 4.09. The smallest absolute Gasteiger partial charge is 0.227 e. The Morgan fingerprint density at radius 2 is 1.79 bits per heavy atom. The Balaban J connectivity index is 1.45. The van der Waals surface area contributed by atoms with E-state index in [2.05, 4.69) is 19.7 Å². The maximum absolute atomic E-state index is 13.0. The van der Waals surface area contributed by atoms with Gasteiger partial charge >= 0.3 is 0 Å². The van der Waals surface area contributed by atoms with Gasteiger partial charge in [0.05, 0.1) is 17.6 Å². The molecule has 140 valence electrons. The predicted octanol–water partition coefficient (Wildman–Crippen LogP) is 3.41. The standard InChI is InChI=1S/C23H22N4O/c28-23(25-14-11-22-26-17-20-8-4-5-15-27(20)22)21(19-6-2-1-3-7-19)16-18-9-12-24-13-10-18/h1-10,12-13,15,17,21H,11,14,16H2,(H,25,28). The molecule has 0 radical (unpaired) electrons. The number of nitrogens with one attached hydrogen (secondary N) is 1. The zero-order valence-electron chi connectivity index (χ0n) is 15.5. The number of imidazole rings is 1. The van der Waals surface area contributed by atoms with Crippen molar-refractivity contribution in [2.45, 2.75) is 18.8 Å². The Labute approximate surface area is 164 Å². The highest BCUT2D eigenvalue weighted by molar-refractivity contribution is 5.84. The summed E-state index contributed by atoms with van der Waals surface area (Å²) in [6.45, 7) is 0.548. The summed E-state index contributed by atoms with van der Waals surface area (Å²) in [6, 6.07) is 19.8. The molecule has 0 saturated heterocycles. The van der Waals surface area contributed by atoms with Crippen molar-refractivity contribution < 1.29 is 4.79 Å². The van der Waals surface area contributed by atoms with Crippen molar-refractivity contribution in [3.8, 4) is 0 Å². The number of pyridine rings is 2. The quantitative estimate of drug-likeness (QED) is 0.542. The zero-order chi connectivity index (χ0) is 19.2. The molecule has 0 fully saturated rings. The first-order valence-corrected chi connectivity index (χ1v) is 9.44. The molecule has 0 spiro atoms. The van der Waals surface area contributed by atoms with Gasteiger partial charge in [0.25, 0.3) is 0 Å². The lowest BCUT2D eigenvalue weighted by molar-refractivity contribution is -0.122. The second-order valence-electron chi connectivity index (χ2n) is 6.73. The van der Waals surface area contributed by atoms with Gasteiger partial charge in [-0.2, -0.15) is 0 Å². The summed E-state index contributed by atoms with van der Waals surface area (Å²) in [6.07, 6.45) is 8.70. The number of fused-ring (bicyclic) bond motifs is 1. The predicted molar refractivity (Wildman–Crippen MR) is 109 cm³/mol. The van der Waals surface area contributed by atoms with E-state index in [1.165, 1.54) is 0 Å². The Bertz CT molecular complexity index is 1040. The molecule has 1 atom stereocenters. The molecule has 4 rings (SSSR count). The first-order valence-electron chi connectivity index (χ1n) is 9.44. The molecule has 5 nitrogen and oxygen atoms in total. The van der Waals surface area contributed by atoms with E-state index in [1.54, 1.807) is 12.4 Å². The minimum absolute atomic E-state index is 0.0314. The van der Waals surface area contributed by atoms with Gasteiger partial charge in [0.15, 0.2) is 0 Å². The highest BCUT2D eigenvalue weighted by atomic mass is 16.1. The molecule has 1 aromatic carbocycles. The molecular formula is C23H22N4O. The minimum atomic E-state index is -0.236. The van der Waals surface area contributed by atoms with Gasteiger partial charge in [-0.15, -0.1) is 0 Å². The molecule has 0 bridgehead atoms. The first-order chi connectivity index (χ1) is 13.8. The number of carbonyl (C=O) groups excluding carboxylic acids is 1. The highest BCUT2D eigenvalue weighted by Crippen LogP contribution is 2.21. The number of nitrogens with zero attached hydrogens (tertiary/aromatic N) is 3. The summed E-state index contributed by atoms with van der Waals surface area (Å²) >= 11 is 0. The summed E-state index contributed by atoms with van der Waals surface area (Å²) in [5.74, 6) is 0.741. The highest BCUT2D eigenvalue weighted by Gasteiger charge is 2.21. The number of benzene rings is 1. The Morgan fingerprint density at radius 1 is 1.00 bits per heavy atom. The van der Waals surface area contributed by atoms with Crippen LogP contribution in [0.2, 0.25) is 0 Å². The van der Waals surface area contributed by atoms with Crippen LogP contribution in [-0.4, -0.2) is 26.8 Å². The Kier molecular flexibility index (Phi) is 5.43. The lowest BCUT2D eigenvalue weighted by atomic mass is 9.91. The zero-order valence-corrected chi connectivity index (χ0v) is 15.5. The van der Waals surface area contributed by atoms with E-state index < -0.39 is 0 Å². The van der Waals surface area contributed by atoms with Crippen LogP contribution in [0.15, 0.2) is 85.5 Å².